The molecule has 2 unspecified atom stereocenters. The molecule has 0 saturated carbocycles. The predicted octanol–water partition coefficient (Wildman–Crippen LogP) is 1.48. The summed E-state index contributed by atoms with van der Waals surface area (Å²) >= 11 is 1.88. The first-order chi connectivity index (χ1) is 10.4. The summed E-state index contributed by atoms with van der Waals surface area (Å²) in [5, 5.41) is 1.35. The topological polar surface area (TPSA) is 53.1 Å². The highest BCUT2D eigenvalue weighted by Crippen LogP contribution is 2.40. The van der Waals surface area contributed by atoms with Gasteiger partial charge in [0, 0.05) is 36.5 Å². The van der Waals surface area contributed by atoms with Crippen LogP contribution in [0.5, 0.6) is 0 Å². The second-order valence-corrected chi connectivity index (χ2v) is 7.44. The van der Waals surface area contributed by atoms with Gasteiger partial charge in [0.05, 0.1) is 5.39 Å². The summed E-state index contributed by atoms with van der Waals surface area (Å²) in [6.07, 6.45) is 6.67. The number of nitrogens with zero attached hydrogens (tertiary/aromatic N) is 3. The van der Waals surface area contributed by atoms with E-state index in [1.54, 1.807) is 11.2 Å². The van der Waals surface area contributed by atoms with Gasteiger partial charge in [-0.05, 0) is 31.2 Å². The van der Waals surface area contributed by atoms with Gasteiger partial charge in [-0.25, -0.2) is 9.97 Å². The molecule has 2 atom stereocenters. The molecule has 3 aliphatic rings. The van der Waals surface area contributed by atoms with Crippen molar-refractivity contribution in [3.63, 3.8) is 0 Å². The normalized spacial score (nSPS) is 28.1. The molecule has 2 fully saturated rings. The molecule has 0 bridgehead atoms. The fourth-order valence-corrected chi connectivity index (χ4v) is 5.32. The van der Waals surface area contributed by atoms with Crippen LogP contribution in [-0.4, -0.2) is 35.6 Å². The van der Waals surface area contributed by atoms with Crippen LogP contribution in [0.1, 0.15) is 23.3 Å². The lowest BCUT2D eigenvalue weighted by Crippen LogP contribution is -2.45. The SMILES string of the molecule is c1nc(N2CCC3NNCC3C2)c2c3c(sc2n1)CCC3. The van der Waals surface area contributed by atoms with E-state index in [1.165, 1.54) is 47.3 Å². The van der Waals surface area contributed by atoms with Crippen molar-refractivity contribution in [1.82, 2.24) is 20.8 Å². The third-order valence-electron chi connectivity index (χ3n) is 5.17. The van der Waals surface area contributed by atoms with E-state index in [0.717, 1.165) is 19.6 Å². The Balaban J connectivity index is 1.58. The standard InChI is InChI=1S/C15H19N5S/c1-2-10-12(3-1)21-15-13(10)14(16-8-17-15)20-5-4-11-9(7-20)6-18-19-11/h8-9,11,18-19H,1-7H2. The van der Waals surface area contributed by atoms with Crippen LogP contribution < -0.4 is 15.8 Å². The molecule has 4 heterocycles. The van der Waals surface area contributed by atoms with Gasteiger partial charge in [-0.3, -0.25) is 10.9 Å². The minimum atomic E-state index is 0.631. The zero-order chi connectivity index (χ0) is 13.8. The van der Waals surface area contributed by atoms with E-state index in [1.807, 2.05) is 11.3 Å². The number of thiophene rings is 1. The highest BCUT2D eigenvalue weighted by atomic mass is 32.1. The number of fused-ring (bicyclic) bond motifs is 4. The van der Waals surface area contributed by atoms with Crippen molar-refractivity contribution in [1.29, 1.82) is 0 Å². The van der Waals surface area contributed by atoms with Crippen molar-refractivity contribution in [3.05, 3.63) is 16.8 Å². The monoisotopic (exact) mass is 301 g/mol. The molecule has 0 radical (unpaired) electrons. The number of aromatic nitrogens is 2. The molecule has 5 rings (SSSR count). The third-order valence-corrected chi connectivity index (χ3v) is 6.37. The molecule has 0 amide bonds. The molecular formula is C15H19N5S. The summed E-state index contributed by atoms with van der Waals surface area (Å²) in [5.74, 6) is 1.88. The van der Waals surface area contributed by atoms with Crippen LogP contribution in [0.4, 0.5) is 5.82 Å². The van der Waals surface area contributed by atoms with Gasteiger partial charge in [0.2, 0.25) is 0 Å². The maximum atomic E-state index is 4.68. The quantitative estimate of drug-likeness (QED) is 0.836. The van der Waals surface area contributed by atoms with E-state index in [-0.39, 0.29) is 0 Å². The lowest BCUT2D eigenvalue weighted by Gasteiger charge is -2.35. The van der Waals surface area contributed by atoms with Crippen LogP contribution in [0.3, 0.4) is 0 Å². The minimum Gasteiger partial charge on any atom is -0.356 e. The molecule has 0 aromatic carbocycles. The highest BCUT2D eigenvalue weighted by Gasteiger charge is 2.34. The maximum absolute atomic E-state index is 4.68. The molecular weight excluding hydrogens is 282 g/mol. The number of nitrogens with one attached hydrogen (secondary N) is 2. The van der Waals surface area contributed by atoms with E-state index in [9.17, 15) is 0 Å². The van der Waals surface area contributed by atoms with Crippen LogP contribution in [0.2, 0.25) is 0 Å². The first kappa shape index (κ1) is 12.3. The molecule has 21 heavy (non-hydrogen) atoms. The van der Waals surface area contributed by atoms with E-state index >= 15 is 0 Å². The zero-order valence-corrected chi connectivity index (χ0v) is 12.7. The van der Waals surface area contributed by atoms with Crippen LogP contribution in [0.25, 0.3) is 10.2 Å². The average Bonchev–Trinajstić information content (AvgIpc) is 3.20. The summed E-state index contributed by atoms with van der Waals surface area (Å²) in [5.41, 5.74) is 8.24. The molecule has 2 aliphatic heterocycles. The number of hydrazine groups is 1. The Hall–Kier alpha value is -1.24. The first-order valence-electron chi connectivity index (χ1n) is 7.89. The van der Waals surface area contributed by atoms with E-state index < -0.39 is 0 Å². The summed E-state index contributed by atoms with van der Waals surface area (Å²) in [6.45, 7) is 3.26. The fraction of sp³-hybridized carbons (Fsp3) is 0.600. The molecule has 1 aliphatic carbocycles. The van der Waals surface area contributed by atoms with Gasteiger partial charge in [-0.1, -0.05) is 0 Å². The minimum absolute atomic E-state index is 0.631. The van der Waals surface area contributed by atoms with Crippen molar-refractivity contribution < 1.29 is 0 Å². The van der Waals surface area contributed by atoms with Gasteiger partial charge in [0.15, 0.2) is 0 Å². The summed E-state index contributed by atoms with van der Waals surface area (Å²) in [6, 6.07) is 0.631. The molecule has 110 valence electrons. The van der Waals surface area contributed by atoms with Gasteiger partial charge in [-0.15, -0.1) is 11.3 Å². The van der Waals surface area contributed by atoms with Gasteiger partial charge >= 0.3 is 0 Å². The lowest BCUT2D eigenvalue weighted by molar-refractivity contribution is 0.383. The summed E-state index contributed by atoms with van der Waals surface area (Å²) < 4.78 is 0. The molecule has 2 N–H and O–H groups in total. The molecule has 5 nitrogen and oxygen atoms in total. The van der Waals surface area contributed by atoms with Gasteiger partial charge in [-0.2, -0.15) is 0 Å². The second-order valence-electron chi connectivity index (χ2n) is 6.36. The highest BCUT2D eigenvalue weighted by molar-refractivity contribution is 7.19. The number of piperidine rings is 1. The Morgan fingerprint density at radius 1 is 1.29 bits per heavy atom. The van der Waals surface area contributed by atoms with Crippen molar-refractivity contribution in [2.75, 3.05) is 24.5 Å². The first-order valence-corrected chi connectivity index (χ1v) is 8.70. The molecule has 6 heteroatoms. The van der Waals surface area contributed by atoms with E-state index in [2.05, 4.69) is 25.7 Å². The van der Waals surface area contributed by atoms with Crippen molar-refractivity contribution >= 4 is 27.4 Å². The second kappa shape index (κ2) is 4.63. The smallest absolute Gasteiger partial charge is 0.141 e. The van der Waals surface area contributed by atoms with Gasteiger partial charge < -0.3 is 4.90 Å². The molecule has 2 aromatic heterocycles. The Bertz CT molecular complexity index is 697. The number of anilines is 1. The number of hydrogen-bond donors (Lipinski definition) is 2. The summed E-state index contributed by atoms with van der Waals surface area (Å²) in [7, 11) is 0. The summed E-state index contributed by atoms with van der Waals surface area (Å²) in [4.78, 5) is 14.4. The largest absolute Gasteiger partial charge is 0.356 e. The Kier molecular flexibility index (Phi) is 2.71. The molecule has 0 spiro atoms. The van der Waals surface area contributed by atoms with Gasteiger partial charge in [0.25, 0.3) is 0 Å². The third kappa shape index (κ3) is 1.82. The fourth-order valence-electron chi connectivity index (χ4n) is 4.09. The van der Waals surface area contributed by atoms with E-state index in [4.69, 9.17) is 0 Å². The Morgan fingerprint density at radius 3 is 3.29 bits per heavy atom. The van der Waals surface area contributed by atoms with Crippen molar-refractivity contribution in [2.45, 2.75) is 31.7 Å². The van der Waals surface area contributed by atoms with Crippen LogP contribution in [0.15, 0.2) is 6.33 Å². The Morgan fingerprint density at radius 2 is 2.29 bits per heavy atom. The average molecular weight is 301 g/mol. The Labute approximate surface area is 127 Å². The number of hydrogen-bond acceptors (Lipinski definition) is 6. The van der Waals surface area contributed by atoms with Crippen LogP contribution in [-0.2, 0) is 12.8 Å². The van der Waals surface area contributed by atoms with Gasteiger partial charge in [0.1, 0.15) is 17.0 Å². The number of rotatable bonds is 1. The lowest BCUT2D eigenvalue weighted by atomic mass is 9.94. The van der Waals surface area contributed by atoms with E-state index in [0.29, 0.717) is 12.0 Å². The zero-order valence-electron chi connectivity index (χ0n) is 11.9. The number of aryl methyl sites for hydroxylation is 2. The molecule has 2 saturated heterocycles. The van der Waals surface area contributed by atoms with Crippen molar-refractivity contribution in [2.24, 2.45) is 5.92 Å². The maximum Gasteiger partial charge on any atom is 0.141 e. The van der Waals surface area contributed by atoms with Crippen LogP contribution >= 0.6 is 11.3 Å². The predicted molar refractivity (Wildman–Crippen MR) is 84.7 cm³/mol. The molecule has 2 aromatic rings. The van der Waals surface area contributed by atoms with Crippen LogP contribution in [0, 0.1) is 5.92 Å². The van der Waals surface area contributed by atoms with Crippen molar-refractivity contribution in [3.8, 4) is 0 Å².